The maximum Gasteiger partial charge on any atom is 0.326 e. The van der Waals surface area contributed by atoms with E-state index in [0.29, 0.717) is 18.7 Å². The number of nitrogens with zero attached hydrogens (tertiary/aromatic N) is 2. The van der Waals surface area contributed by atoms with Crippen LogP contribution in [-0.4, -0.2) is 42.3 Å². The van der Waals surface area contributed by atoms with Crippen molar-refractivity contribution in [1.29, 1.82) is 0 Å². The topological polar surface area (TPSA) is 90.3 Å². The fourth-order valence-electron chi connectivity index (χ4n) is 3.10. The Morgan fingerprint density at radius 2 is 1.88 bits per heavy atom. The van der Waals surface area contributed by atoms with Gasteiger partial charge in [-0.15, -0.1) is 0 Å². The Balaban J connectivity index is 1.56. The standard InChI is InChI=1S/C23H29N3O4S2/c1-3-18(2)30-22(27)16-26-21-13-8-7-12-20(21)25-23(26)31-15-9-14-24-32(28,29)17-19-10-5-4-6-11-19/h4-8,10-13,18,24H,3,9,14-17H2,1-2H3. The minimum atomic E-state index is -3.38. The molecule has 0 fully saturated rings. The normalized spacial score (nSPS) is 12.7. The van der Waals surface area contributed by atoms with Crippen molar-refractivity contribution < 1.29 is 17.9 Å². The van der Waals surface area contributed by atoms with E-state index in [0.717, 1.165) is 28.2 Å². The van der Waals surface area contributed by atoms with Crippen LogP contribution in [0.4, 0.5) is 0 Å². The first-order valence-corrected chi connectivity index (χ1v) is 13.3. The van der Waals surface area contributed by atoms with E-state index in [1.807, 2.05) is 60.9 Å². The van der Waals surface area contributed by atoms with Crippen LogP contribution in [0.5, 0.6) is 0 Å². The number of para-hydroxylation sites is 2. The van der Waals surface area contributed by atoms with Crippen molar-refractivity contribution in [2.45, 2.75) is 50.2 Å². The zero-order chi connectivity index (χ0) is 23.0. The molecule has 1 unspecified atom stereocenters. The number of aromatic nitrogens is 2. The lowest BCUT2D eigenvalue weighted by Crippen LogP contribution is -2.26. The highest BCUT2D eigenvalue weighted by molar-refractivity contribution is 7.99. The molecule has 9 heteroatoms. The number of sulfonamides is 1. The molecule has 1 heterocycles. The zero-order valence-electron chi connectivity index (χ0n) is 18.4. The lowest BCUT2D eigenvalue weighted by Gasteiger charge is -2.13. The van der Waals surface area contributed by atoms with Gasteiger partial charge in [0.2, 0.25) is 10.0 Å². The van der Waals surface area contributed by atoms with E-state index in [2.05, 4.69) is 9.71 Å². The second-order valence-electron chi connectivity index (χ2n) is 7.52. The third-order valence-electron chi connectivity index (χ3n) is 4.89. The van der Waals surface area contributed by atoms with Gasteiger partial charge in [-0.25, -0.2) is 18.1 Å². The summed E-state index contributed by atoms with van der Waals surface area (Å²) in [7, 11) is -3.38. The van der Waals surface area contributed by atoms with Gasteiger partial charge in [-0.3, -0.25) is 4.79 Å². The SMILES string of the molecule is CCC(C)OC(=O)Cn1c(SCCCNS(=O)(=O)Cc2ccccc2)nc2ccccc21. The number of fused-ring (bicyclic) bond motifs is 1. The van der Waals surface area contributed by atoms with Gasteiger partial charge in [-0.2, -0.15) is 0 Å². The van der Waals surface area contributed by atoms with E-state index in [1.54, 1.807) is 12.1 Å². The fraction of sp³-hybridized carbons (Fsp3) is 0.391. The Kier molecular flexibility index (Phi) is 8.72. The Hall–Kier alpha value is -2.36. The van der Waals surface area contributed by atoms with Gasteiger partial charge in [-0.1, -0.05) is 61.2 Å². The van der Waals surface area contributed by atoms with Gasteiger partial charge in [0.15, 0.2) is 5.16 Å². The van der Waals surface area contributed by atoms with E-state index in [-0.39, 0.29) is 24.4 Å². The molecule has 172 valence electrons. The van der Waals surface area contributed by atoms with Crippen molar-refractivity contribution in [3.05, 3.63) is 60.2 Å². The predicted octanol–water partition coefficient (Wildman–Crippen LogP) is 3.98. The Bertz CT molecular complexity index is 1130. The molecule has 3 rings (SSSR count). The number of benzene rings is 2. The summed E-state index contributed by atoms with van der Waals surface area (Å²) in [5.74, 6) is 0.338. The lowest BCUT2D eigenvalue weighted by atomic mass is 10.2. The van der Waals surface area contributed by atoms with Crippen molar-refractivity contribution in [3.63, 3.8) is 0 Å². The summed E-state index contributed by atoms with van der Waals surface area (Å²) in [4.78, 5) is 17.0. The third-order valence-corrected chi connectivity index (χ3v) is 7.31. The average molecular weight is 476 g/mol. The second-order valence-corrected chi connectivity index (χ2v) is 10.4. The molecule has 0 aliphatic heterocycles. The predicted molar refractivity (Wildman–Crippen MR) is 128 cm³/mol. The summed E-state index contributed by atoms with van der Waals surface area (Å²) in [5, 5.41) is 0.722. The number of thioether (sulfide) groups is 1. The molecule has 1 aromatic heterocycles. The lowest BCUT2D eigenvalue weighted by molar-refractivity contribution is -0.149. The van der Waals surface area contributed by atoms with Gasteiger partial charge >= 0.3 is 5.97 Å². The van der Waals surface area contributed by atoms with Crippen LogP contribution in [0.15, 0.2) is 59.8 Å². The number of rotatable bonds is 12. The monoisotopic (exact) mass is 475 g/mol. The van der Waals surface area contributed by atoms with Crippen LogP contribution < -0.4 is 4.72 Å². The molecule has 1 N–H and O–H groups in total. The van der Waals surface area contributed by atoms with Gasteiger partial charge in [-0.05, 0) is 37.5 Å². The number of esters is 1. The summed E-state index contributed by atoms with van der Waals surface area (Å²) >= 11 is 1.50. The summed E-state index contributed by atoms with van der Waals surface area (Å²) in [6.45, 7) is 4.29. The molecule has 0 amide bonds. The smallest absolute Gasteiger partial charge is 0.326 e. The van der Waals surface area contributed by atoms with Crippen LogP contribution in [0.3, 0.4) is 0 Å². The highest BCUT2D eigenvalue weighted by Gasteiger charge is 2.16. The quantitative estimate of drug-likeness (QED) is 0.242. The van der Waals surface area contributed by atoms with Crippen molar-refractivity contribution >= 4 is 38.8 Å². The first-order chi connectivity index (χ1) is 15.4. The molecule has 1 atom stereocenters. The first-order valence-electron chi connectivity index (χ1n) is 10.7. The highest BCUT2D eigenvalue weighted by atomic mass is 32.2. The molecular weight excluding hydrogens is 446 g/mol. The molecule has 0 saturated heterocycles. The van der Waals surface area contributed by atoms with Crippen molar-refractivity contribution in [2.75, 3.05) is 12.3 Å². The molecule has 0 spiro atoms. The molecule has 0 radical (unpaired) electrons. The Morgan fingerprint density at radius 3 is 2.62 bits per heavy atom. The van der Waals surface area contributed by atoms with Crippen molar-refractivity contribution in [3.8, 4) is 0 Å². The van der Waals surface area contributed by atoms with Gasteiger partial charge in [0.25, 0.3) is 0 Å². The zero-order valence-corrected chi connectivity index (χ0v) is 20.0. The third kappa shape index (κ3) is 7.08. The summed E-state index contributed by atoms with van der Waals surface area (Å²) in [5.41, 5.74) is 2.45. The highest BCUT2D eigenvalue weighted by Crippen LogP contribution is 2.24. The Morgan fingerprint density at radius 1 is 1.16 bits per heavy atom. The number of hydrogen-bond donors (Lipinski definition) is 1. The second kappa shape index (κ2) is 11.5. The molecule has 3 aromatic rings. The van der Waals surface area contributed by atoms with Gasteiger partial charge in [0.05, 0.1) is 22.9 Å². The average Bonchev–Trinajstić information content (AvgIpc) is 3.11. The number of carbonyl (C=O) groups excluding carboxylic acids is 1. The van der Waals surface area contributed by atoms with Gasteiger partial charge in [0, 0.05) is 12.3 Å². The molecule has 2 aromatic carbocycles. The van der Waals surface area contributed by atoms with Crippen molar-refractivity contribution in [1.82, 2.24) is 14.3 Å². The van der Waals surface area contributed by atoms with E-state index < -0.39 is 10.0 Å². The molecule has 0 aliphatic rings. The van der Waals surface area contributed by atoms with E-state index >= 15 is 0 Å². The molecule has 0 aliphatic carbocycles. The maximum atomic E-state index is 12.4. The number of imidazole rings is 1. The molecule has 0 bridgehead atoms. The van der Waals surface area contributed by atoms with Crippen LogP contribution in [-0.2, 0) is 31.9 Å². The molecule has 0 saturated carbocycles. The summed E-state index contributed by atoms with van der Waals surface area (Å²) < 4.78 is 34.5. The van der Waals surface area contributed by atoms with Crippen molar-refractivity contribution in [2.24, 2.45) is 0 Å². The summed E-state index contributed by atoms with van der Waals surface area (Å²) in [6, 6.07) is 16.8. The van der Waals surface area contributed by atoms with E-state index in [4.69, 9.17) is 4.74 Å². The molecule has 32 heavy (non-hydrogen) atoms. The largest absolute Gasteiger partial charge is 0.461 e. The number of hydrogen-bond acceptors (Lipinski definition) is 6. The minimum Gasteiger partial charge on any atom is -0.461 e. The van der Waals surface area contributed by atoms with Crippen LogP contribution in [0, 0.1) is 0 Å². The Labute approximate surface area is 193 Å². The van der Waals surface area contributed by atoms with Crippen LogP contribution in [0.25, 0.3) is 11.0 Å². The fourth-order valence-corrected chi connectivity index (χ4v) is 5.24. The number of carbonyl (C=O) groups is 1. The molecule has 7 nitrogen and oxygen atoms in total. The van der Waals surface area contributed by atoms with E-state index in [9.17, 15) is 13.2 Å². The number of ether oxygens (including phenoxy) is 1. The van der Waals surface area contributed by atoms with Gasteiger partial charge in [0.1, 0.15) is 6.54 Å². The van der Waals surface area contributed by atoms with E-state index in [1.165, 1.54) is 11.8 Å². The summed E-state index contributed by atoms with van der Waals surface area (Å²) in [6.07, 6.45) is 1.27. The first kappa shape index (κ1) is 24.3. The van der Waals surface area contributed by atoms with Crippen LogP contribution in [0.2, 0.25) is 0 Å². The van der Waals surface area contributed by atoms with Gasteiger partial charge < -0.3 is 9.30 Å². The molecular formula is C23H29N3O4S2. The number of nitrogens with one attached hydrogen (secondary N) is 1. The van der Waals surface area contributed by atoms with Crippen LogP contribution >= 0.6 is 11.8 Å². The maximum absolute atomic E-state index is 12.4. The minimum absolute atomic E-state index is 0.0327. The van der Waals surface area contributed by atoms with Crippen LogP contribution in [0.1, 0.15) is 32.3 Å².